The number of hydrogen-bond donors (Lipinski definition) is 1. The number of carbonyl (C=O) groups excluding carboxylic acids is 3. The van der Waals surface area contributed by atoms with Crippen LogP contribution >= 0.6 is 0 Å². The van der Waals surface area contributed by atoms with Crippen LogP contribution in [-0.4, -0.2) is 24.3 Å². The zero-order valence-electron chi connectivity index (χ0n) is 17.0. The van der Waals surface area contributed by atoms with Crippen molar-refractivity contribution in [3.8, 4) is 0 Å². The molecule has 0 unspecified atom stereocenters. The van der Waals surface area contributed by atoms with Crippen LogP contribution in [0.15, 0.2) is 48.5 Å². The van der Waals surface area contributed by atoms with E-state index in [1.54, 1.807) is 24.3 Å². The molecule has 1 N–H and O–H groups in total. The fourth-order valence-corrected chi connectivity index (χ4v) is 2.59. The number of halogens is 1. The van der Waals surface area contributed by atoms with Crippen LogP contribution in [0.3, 0.4) is 0 Å². The van der Waals surface area contributed by atoms with Gasteiger partial charge in [-0.15, -0.1) is 0 Å². The molecule has 6 heteroatoms. The lowest BCUT2D eigenvalue weighted by molar-refractivity contribution is -0.148. The predicted molar refractivity (Wildman–Crippen MR) is 108 cm³/mol. The van der Waals surface area contributed by atoms with Crippen molar-refractivity contribution in [2.45, 2.75) is 45.6 Å². The van der Waals surface area contributed by atoms with Gasteiger partial charge in [0, 0.05) is 18.5 Å². The Morgan fingerprint density at radius 3 is 2.14 bits per heavy atom. The van der Waals surface area contributed by atoms with Crippen molar-refractivity contribution < 1.29 is 23.5 Å². The van der Waals surface area contributed by atoms with E-state index in [1.807, 2.05) is 12.1 Å². The Morgan fingerprint density at radius 1 is 0.931 bits per heavy atom. The standard InChI is InChI=1S/C23H26FNO4/c1-23(2,3)18-8-6-17(7-9-18)20(26)12-13-22(28)29-15-21(27)25-14-16-4-10-19(24)11-5-16/h4-11H,12-15H2,1-3H3,(H,25,27). The van der Waals surface area contributed by atoms with E-state index in [4.69, 9.17) is 4.74 Å². The monoisotopic (exact) mass is 399 g/mol. The minimum Gasteiger partial charge on any atom is -0.456 e. The van der Waals surface area contributed by atoms with E-state index in [9.17, 15) is 18.8 Å². The number of rotatable bonds is 8. The Kier molecular flexibility index (Phi) is 7.65. The molecule has 0 spiro atoms. The van der Waals surface area contributed by atoms with Gasteiger partial charge in [0.2, 0.25) is 0 Å². The second-order valence-corrected chi connectivity index (χ2v) is 7.81. The maximum Gasteiger partial charge on any atom is 0.306 e. The summed E-state index contributed by atoms with van der Waals surface area (Å²) in [6.07, 6.45) is -0.0734. The van der Waals surface area contributed by atoms with E-state index >= 15 is 0 Å². The Labute approximate surface area is 170 Å². The van der Waals surface area contributed by atoms with Crippen LogP contribution in [0.4, 0.5) is 4.39 Å². The minimum absolute atomic E-state index is 0.00264. The molecule has 154 valence electrons. The highest BCUT2D eigenvalue weighted by Gasteiger charge is 2.15. The molecule has 29 heavy (non-hydrogen) atoms. The first kappa shape index (κ1) is 22.3. The van der Waals surface area contributed by atoms with Gasteiger partial charge in [-0.3, -0.25) is 14.4 Å². The van der Waals surface area contributed by atoms with Crippen LogP contribution < -0.4 is 5.32 Å². The molecule has 5 nitrogen and oxygen atoms in total. The second-order valence-electron chi connectivity index (χ2n) is 7.81. The van der Waals surface area contributed by atoms with Crippen molar-refractivity contribution in [2.75, 3.05) is 6.61 Å². The predicted octanol–water partition coefficient (Wildman–Crippen LogP) is 3.95. The van der Waals surface area contributed by atoms with Gasteiger partial charge in [-0.1, -0.05) is 57.2 Å². The molecule has 0 saturated carbocycles. The van der Waals surface area contributed by atoms with Crippen LogP contribution in [0.1, 0.15) is 55.1 Å². The molecule has 0 fully saturated rings. The van der Waals surface area contributed by atoms with E-state index in [0.29, 0.717) is 5.56 Å². The number of amides is 1. The Hall–Kier alpha value is -3.02. The normalized spacial score (nSPS) is 11.0. The number of carbonyl (C=O) groups is 3. The van der Waals surface area contributed by atoms with Gasteiger partial charge < -0.3 is 10.1 Å². The summed E-state index contributed by atoms with van der Waals surface area (Å²) in [5, 5.41) is 2.58. The maximum atomic E-state index is 12.8. The van der Waals surface area contributed by atoms with Crippen molar-refractivity contribution in [1.29, 1.82) is 0 Å². The summed E-state index contributed by atoms with van der Waals surface area (Å²) < 4.78 is 17.7. The number of hydrogen-bond acceptors (Lipinski definition) is 4. The van der Waals surface area contributed by atoms with Crippen molar-refractivity contribution in [3.63, 3.8) is 0 Å². The minimum atomic E-state index is -0.610. The molecule has 0 aliphatic heterocycles. The SMILES string of the molecule is CC(C)(C)c1ccc(C(=O)CCC(=O)OCC(=O)NCc2ccc(F)cc2)cc1. The second kappa shape index (κ2) is 9.96. The van der Waals surface area contributed by atoms with E-state index in [2.05, 4.69) is 26.1 Å². The summed E-state index contributed by atoms with van der Waals surface area (Å²) in [6, 6.07) is 13.1. The summed E-state index contributed by atoms with van der Waals surface area (Å²) >= 11 is 0. The van der Waals surface area contributed by atoms with Crippen molar-refractivity contribution in [3.05, 3.63) is 71.0 Å². The number of ketones is 1. The Balaban J connectivity index is 1.70. The van der Waals surface area contributed by atoms with Gasteiger partial charge in [0.25, 0.3) is 5.91 Å². The molecule has 0 atom stereocenters. The van der Waals surface area contributed by atoms with Gasteiger partial charge in [0.15, 0.2) is 12.4 Å². The van der Waals surface area contributed by atoms with Gasteiger partial charge in [-0.2, -0.15) is 0 Å². The number of esters is 1. The average Bonchev–Trinajstić information content (AvgIpc) is 2.69. The molecule has 0 saturated heterocycles. The van der Waals surface area contributed by atoms with Gasteiger partial charge in [-0.05, 0) is 28.7 Å². The lowest BCUT2D eigenvalue weighted by Crippen LogP contribution is -2.28. The third kappa shape index (κ3) is 7.49. The van der Waals surface area contributed by atoms with Crippen LogP contribution in [0, 0.1) is 5.82 Å². The van der Waals surface area contributed by atoms with E-state index < -0.39 is 18.5 Å². The molecular weight excluding hydrogens is 373 g/mol. The molecule has 0 bridgehead atoms. The molecule has 0 aliphatic rings. The maximum absolute atomic E-state index is 12.8. The number of nitrogens with one attached hydrogen (secondary N) is 1. The fourth-order valence-electron chi connectivity index (χ4n) is 2.59. The number of Topliss-reactive ketones (excluding diaryl/α,β-unsaturated/α-hetero) is 1. The smallest absolute Gasteiger partial charge is 0.306 e. The number of ether oxygens (including phenoxy) is 1. The third-order valence-electron chi connectivity index (χ3n) is 4.40. The Morgan fingerprint density at radius 2 is 1.55 bits per heavy atom. The first-order chi connectivity index (χ1) is 13.6. The molecular formula is C23H26FNO4. The van der Waals surface area contributed by atoms with Crippen LogP contribution in [0.2, 0.25) is 0 Å². The van der Waals surface area contributed by atoms with E-state index in [-0.39, 0.29) is 36.4 Å². The summed E-state index contributed by atoms with van der Waals surface area (Å²) in [5.41, 5.74) is 2.40. The van der Waals surface area contributed by atoms with Crippen LogP contribution in [0.5, 0.6) is 0 Å². The fraction of sp³-hybridized carbons (Fsp3) is 0.348. The highest BCUT2D eigenvalue weighted by molar-refractivity contribution is 5.97. The first-order valence-corrected chi connectivity index (χ1v) is 9.45. The van der Waals surface area contributed by atoms with Gasteiger partial charge >= 0.3 is 5.97 Å². The topological polar surface area (TPSA) is 72.5 Å². The lowest BCUT2D eigenvalue weighted by Gasteiger charge is -2.18. The van der Waals surface area contributed by atoms with Crippen LogP contribution in [0.25, 0.3) is 0 Å². The average molecular weight is 399 g/mol. The zero-order chi connectivity index (χ0) is 21.4. The summed E-state index contributed by atoms with van der Waals surface area (Å²) in [4.78, 5) is 35.7. The molecule has 2 aromatic carbocycles. The van der Waals surface area contributed by atoms with Gasteiger partial charge in [0.1, 0.15) is 5.82 Å². The lowest BCUT2D eigenvalue weighted by atomic mass is 9.86. The largest absolute Gasteiger partial charge is 0.456 e. The van der Waals surface area contributed by atoms with Gasteiger partial charge in [0.05, 0.1) is 6.42 Å². The quantitative estimate of drug-likeness (QED) is 0.539. The highest BCUT2D eigenvalue weighted by Crippen LogP contribution is 2.22. The van der Waals surface area contributed by atoms with Crippen LogP contribution in [-0.2, 0) is 26.3 Å². The molecule has 0 radical (unpaired) electrons. The molecule has 1 amide bonds. The van der Waals surface area contributed by atoms with Crippen molar-refractivity contribution >= 4 is 17.7 Å². The first-order valence-electron chi connectivity index (χ1n) is 9.45. The molecule has 0 heterocycles. The summed E-state index contributed by atoms with van der Waals surface area (Å²) in [6.45, 7) is 6.06. The molecule has 2 rings (SSSR count). The number of benzene rings is 2. The highest BCUT2D eigenvalue weighted by atomic mass is 19.1. The van der Waals surface area contributed by atoms with E-state index in [1.165, 1.54) is 12.1 Å². The molecule has 0 aromatic heterocycles. The third-order valence-corrected chi connectivity index (χ3v) is 4.40. The Bertz CT molecular complexity index is 852. The van der Waals surface area contributed by atoms with Crippen molar-refractivity contribution in [1.82, 2.24) is 5.32 Å². The summed E-state index contributed by atoms with van der Waals surface area (Å²) in [5.74, 6) is -1.58. The van der Waals surface area contributed by atoms with Gasteiger partial charge in [-0.25, -0.2) is 4.39 Å². The summed E-state index contributed by atoms with van der Waals surface area (Å²) in [7, 11) is 0. The molecule has 0 aliphatic carbocycles. The molecule has 2 aromatic rings. The zero-order valence-corrected chi connectivity index (χ0v) is 17.0. The van der Waals surface area contributed by atoms with Crippen molar-refractivity contribution in [2.24, 2.45) is 0 Å². The van der Waals surface area contributed by atoms with E-state index in [0.717, 1.165) is 11.1 Å².